The fraction of sp³-hybridized carbons (Fsp3) is 0.0208. The highest BCUT2D eigenvalue weighted by Gasteiger charge is 2.45. The van der Waals surface area contributed by atoms with Crippen LogP contribution in [0.4, 0.5) is 0 Å². The number of fused-ring (bicyclic) bond motifs is 5. The zero-order valence-corrected chi connectivity index (χ0v) is 27.4. The Hall–Kier alpha value is -6.51. The molecule has 2 aromatic heterocycles. The lowest BCUT2D eigenvalue weighted by molar-refractivity contribution is 0.728. The van der Waals surface area contributed by atoms with Crippen molar-refractivity contribution in [1.29, 1.82) is 0 Å². The van der Waals surface area contributed by atoms with E-state index in [4.69, 9.17) is 0 Å². The first kappa shape index (κ1) is 28.5. The molecule has 50 heavy (non-hydrogen) atoms. The van der Waals surface area contributed by atoms with Crippen LogP contribution in [0.1, 0.15) is 22.3 Å². The van der Waals surface area contributed by atoms with Crippen LogP contribution in [0.15, 0.2) is 194 Å². The van der Waals surface area contributed by atoms with Gasteiger partial charge in [0.05, 0.1) is 22.1 Å². The summed E-state index contributed by atoms with van der Waals surface area (Å²) in [6.07, 6.45) is 3.79. The smallest absolute Gasteiger partial charge is 0.0742 e. The average molecular weight is 637 g/mol. The highest BCUT2D eigenvalue weighted by Crippen LogP contribution is 2.54. The number of para-hydroxylation sites is 3. The number of benzene rings is 7. The van der Waals surface area contributed by atoms with E-state index in [1.807, 2.05) is 18.5 Å². The Kier molecular flexibility index (Phi) is 6.43. The minimum absolute atomic E-state index is 0.516. The molecule has 0 N–H and O–H groups in total. The number of rotatable bonds is 5. The zero-order valence-electron chi connectivity index (χ0n) is 27.4. The van der Waals surface area contributed by atoms with Crippen molar-refractivity contribution in [3.63, 3.8) is 0 Å². The Balaban J connectivity index is 1.20. The van der Waals surface area contributed by atoms with Crippen LogP contribution in [0.25, 0.3) is 60.9 Å². The number of pyridine rings is 1. The van der Waals surface area contributed by atoms with Crippen LogP contribution in [0.3, 0.4) is 0 Å². The summed E-state index contributed by atoms with van der Waals surface area (Å²) in [5.41, 5.74) is 15.3. The fourth-order valence-corrected chi connectivity index (χ4v) is 8.45. The van der Waals surface area contributed by atoms with E-state index in [0.717, 1.165) is 5.56 Å². The third-order valence-corrected chi connectivity index (χ3v) is 10.6. The molecule has 0 aliphatic carbocycles. The molecule has 1 unspecified atom stereocenters. The van der Waals surface area contributed by atoms with E-state index in [2.05, 4.69) is 185 Å². The van der Waals surface area contributed by atoms with E-state index in [9.17, 15) is 0 Å². The van der Waals surface area contributed by atoms with E-state index in [-0.39, 0.29) is 0 Å². The van der Waals surface area contributed by atoms with Crippen LogP contribution >= 0.6 is 0 Å². The quantitative estimate of drug-likeness (QED) is 0.184. The highest BCUT2D eigenvalue weighted by atomic mass is 15.0. The van der Waals surface area contributed by atoms with Crippen molar-refractivity contribution in [1.82, 2.24) is 9.55 Å². The first-order valence-electron chi connectivity index (χ1n) is 17.2. The average Bonchev–Trinajstić information content (AvgIpc) is 3.55. The molecule has 0 bridgehead atoms. The lowest BCUT2D eigenvalue weighted by atomic mass is 9.63. The van der Waals surface area contributed by atoms with Crippen molar-refractivity contribution < 1.29 is 0 Å². The molecule has 1 atom stereocenters. The normalized spacial score (nSPS) is 14.9. The Bertz CT molecular complexity index is 2670. The summed E-state index contributed by atoms with van der Waals surface area (Å²) in [4.78, 5) is 4.46. The summed E-state index contributed by atoms with van der Waals surface area (Å²) in [7, 11) is 0. The molecule has 0 amide bonds. The summed E-state index contributed by atoms with van der Waals surface area (Å²) in [6.45, 7) is 0. The van der Waals surface area contributed by atoms with Gasteiger partial charge in [0.15, 0.2) is 0 Å². The minimum atomic E-state index is -0.516. The molecule has 3 heterocycles. The van der Waals surface area contributed by atoms with Crippen molar-refractivity contribution in [2.24, 2.45) is 0 Å². The first-order chi connectivity index (χ1) is 24.8. The number of nitrogens with zero attached hydrogens (tertiary/aromatic N) is 2. The van der Waals surface area contributed by atoms with Gasteiger partial charge in [-0.05, 0) is 74.3 Å². The van der Waals surface area contributed by atoms with Crippen molar-refractivity contribution >= 4 is 21.8 Å². The van der Waals surface area contributed by atoms with Gasteiger partial charge >= 0.3 is 0 Å². The second-order valence-corrected chi connectivity index (χ2v) is 13.1. The largest absolute Gasteiger partial charge is 0.309 e. The standard InChI is InChI=1S/C48H32N2/c1-3-13-34(14-4-1)39-29-26-35(31-42(39)36-15-12-30-49-32-36)33-24-27-38(28-25-33)48(37-16-5-2-6-17-37)43-20-8-10-23-46(43)50-45-22-9-7-18-40(45)41-19-11-21-44(48)47(41)50/h1-32H. The highest BCUT2D eigenvalue weighted by molar-refractivity contribution is 6.12. The van der Waals surface area contributed by atoms with Crippen LogP contribution in [0.2, 0.25) is 0 Å². The van der Waals surface area contributed by atoms with Gasteiger partial charge in [0.25, 0.3) is 0 Å². The Morgan fingerprint density at radius 3 is 1.90 bits per heavy atom. The maximum absolute atomic E-state index is 4.46. The van der Waals surface area contributed by atoms with Crippen molar-refractivity contribution in [3.05, 3.63) is 217 Å². The molecule has 2 nitrogen and oxygen atoms in total. The third kappa shape index (κ3) is 4.12. The second-order valence-electron chi connectivity index (χ2n) is 13.1. The maximum atomic E-state index is 4.46. The Morgan fingerprint density at radius 1 is 0.420 bits per heavy atom. The molecule has 234 valence electrons. The molecule has 7 aromatic carbocycles. The van der Waals surface area contributed by atoms with Gasteiger partial charge in [-0.2, -0.15) is 0 Å². The van der Waals surface area contributed by atoms with Gasteiger partial charge in [-0.1, -0.05) is 158 Å². The van der Waals surface area contributed by atoms with E-state index in [0.29, 0.717) is 0 Å². The van der Waals surface area contributed by atoms with E-state index in [1.165, 1.54) is 77.6 Å². The van der Waals surface area contributed by atoms with Crippen LogP contribution in [-0.2, 0) is 5.41 Å². The van der Waals surface area contributed by atoms with Gasteiger partial charge in [0.2, 0.25) is 0 Å². The molecule has 1 aliphatic rings. The predicted molar refractivity (Wildman–Crippen MR) is 207 cm³/mol. The molecule has 0 spiro atoms. The summed E-state index contributed by atoms with van der Waals surface area (Å²) in [5.74, 6) is 0. The molecule has 1 aliphatic heterocycles. The number of aromatic nitrogens is 2. The van der Waals surface area contributed by atoms with Crippen LogP contribution in [-0.4, -0.2) is 9.55 Å². The summed E-state index contributed by atoms with van der Waals surface area (Å²) < 4.78 is 2.49. The van der Waals surface area contributed by atoms with Crippen LogP contribution < -0.4 is 0 Å². The Labute approximate surface area is 291 Å². The molecule has 0 radical (unpaired) electrons. The summed E-state index contributed by atoms with van der Waals surface area (Å²) in [5, 5.41) is 2.56. The Morgan fingerprint density at radius 2 is 1.08 bits per heavy atom. The first-order valence-corrected chi connectivity index (χ1v) is 17.2. The van der Waals surface area contributed by atoms with Gasteiger partial charge in [0, 0.05) is 28.7 Å². The molecule has 10 rings (SSSR count). The van der Waals surface area contributed by atoms with Crippen molar-refractivity contribution in [2.45, 2.75) is 5.41 Å². The molecule has 0 saturated heterocycles. The van der Waals surface area contributed by atoms with Gasteiger partial charge in [-0.25, -0.2) is 0 Å². The topological polar surface area (TPSA) is 17.8 Å². The fourth-order valence-electron chi connectivity index (χ4n) is 8.45. The van der Waals surface area contributed by atoms with Crippen LogP contribution in [0, 0.1) is 0 Å². The number of hydrogen-bond acceptors (Lipinski definition) is 1. The SMILES string of the molecule is c1ccc(-c2ccc(-c3ccc(C4(c5ccccc5)c5ccccc5-n5c6ccccc6c6cccc4c65)cc3)cc2-c2cccnc2)cc1. The molecule has 0 fully saturated rings. The molecule has 2 heteroatoms. The maximum Gasteiger partial charge on any atom is 0.0742 e. The summed E-state index contributed by atoms with van der Waals surface area (Å²) >= 11 is 0. The molecular formula is C48H32N2. The predicted octanol–water partition coefficient (Wildman–Crippen LogP) is 11.9. The van der Waals surface area contributed by atoms with E-state index < -0.39 is 5.41 Å². The zero-order chi connectivity index (χ0) is 33.1. The molecule has 0 saturated carbocycles. The molecular weight excluding hydrogens is 605 g/mol. The van der Waals surface area contributed by atoms with Gasteiger partial charge < -0.3 is 4.57 Å². The monoisotopic (exact) mass is 636 g/mol. The lowest BCUT2D eigenvalue weighted by Gasteiger charge is -2.41. The minimum Gasteiger partial charge on any atom is -0.309 e. The van der Waals surface area contributed by atoms with E-state index in [1.54, 1.807) is 0 Å². The van der Waals surface area contributed by atoms with Gasteiger partial charge in [-0.15, -0.1) is 0 Å². The van der Waals surface area contributed by atoms with Crippen LogP contribution in [0.5, 0.6) is 0 Å². The molecule has 9 aromatic rings. The van der Waals surface area contributed by atoms with Crippen molar-refractivity contribution in [3.8, 4) is 39.1 Å². The van der Waals surface area contributed by atoms with E-state index >= 15 is 0 Å². The lowest BCUT2D eigenvalue weighted by Crippen LogP contribution is -2.35. The number of hydrogen-bond donors (Lipinski definition) is 0. The van der Waals surface area contributed by atoms with Gasteiger partial charge in [-0.3, -0.25) is 4.98 Å². The summed E-state index contributed by atoms with van der Waals surface area (Å²) in [6, 6.07) is 66.6. The second kappa shape index (κ2) is 11.3. The third-order valence-electron chi connectivity index (χ3n) is 10.6. The van der Waals surface area contributed by atoms with Gasteiger partial charge in [0.1, 0.15) is 0 Å². The van der Waals surface area contributed by atoms with Crippen molar-refractivity contribution in [2.75, 3.05) is 0 Å².